The predicted octanol–water partition coefficient (Wildman–Crippen LogP) is 1.98. The Balaban J connectivity index is 1.68. The van der Waals surface area contributed by atoms with E-state index in [1.165, 1.54) is 25.8 Å². The molecule has 1 atom stereocenters. The Morgan fingerprint density at radius 1 is 1.50 bits per heavy atom. The third-order valence-electron chi connectivity index (χ3n) is 3.71. The second-order valence-electron chi connectivity index (χ2n) is 5.25. The molecule has 5 heteroatoms. The van der Waals surface area contributed by atoms with Gasteiger partial charge in [0.05, 0.1) is 0 Å². The topological polar surface area (TPSA) is 70.0 Å². The second-order valence-corrected chi connectivity index (χ2v) is 5.25. The molecule has 18 heavy (non-hydrogen) atoms. The summed E-state index contributed by atoms with van der Waals surface area (Å²) < 4.78 is 0. The van der Waals surface area contributed by atoms with Crippen molar-refractivity contribution in [1.29, 1.82) is 0 Å². The van der Waals surface area contributed by atoms with Gasteiger partial charge in [0, 0.05) is 19.1 Å². The average Bonchev–Trinajstić information content (AvgIpc) is 2.65. The van der Waals surface area contributed by atoms with Crippen LogP contribution in [0.15, 0.2) is 0 Å². The van der Waals surface area contributed by atoms with Crippen LogP contribution < -0.4 is 11.1 Å². The van der Waals surface area contributed by atoms with Gasteiger partial charge in [-0.2, -0.15) is 0 Å². The van der Waals surface area contributed by atoms with Gasteiger partial charge in [0.1, 0.15) is 11.6 Å². The molecule has 1 aromatic heterocycles. The lowest BCUT2D eigenvalue weighted by Gasteiger charge is -2.33. The zero-order chi connectivity index (χ0) is 13.0. The van der Waals surface area contributed by atoms with Crippen LogP contribution in [0, 0.1) is 6.92 Å². The van der Waals surface area contributed by atoms with Crippen LogP contribution in [0.3, 0.4) is 0 Å². The third-order valence-corrected chi connectivity index (χ3v) is 3.71. The van der Waals surface area contributed by atoms with E-state index in [2.05, 4.69) is 27.1 Å². The van der Waals surface area contributed by atoms with Crippen LogP contribution in [0.4, 0.5) is 11.6 Å². The molecule has 0 spiro atoms. The molecule has 1 unspecified atom stereocenters. The first-order chi connectivity index (χ1) is 8.66. The maximum atomic E-state index is 5.80. The van der Waals surface area contributed by atoms with E-state index in [4.69, 9.17) is 5.73 Å². The molecule has 5 nitrogen and oxygen atoms in total. The summed E-state index contributed by atoms with van der Waals surface area (Å²) in [6, 6.07) is 0.747. The van der Waals surface area contributed by atoms with E-state index in [-0.39, 0.29) is 0 Å². The van der Waals surface area contributed by atoms with Gasteiger partial charge in [-0.05, 0) is 39.7 Å². The number of nitrogens with two attached hydrogens (primary N) is 1. The first-order valence-electron chi connectivity index (χ1n) is 6.97. The fourth-order valence-electron chi connectivity index (χ4n) is 2.62. The Morgan fingerprint density at radius 2 is 2.33 bits per heavy atom. The lowest BCUT2D eigenvalue weighted by Crippen LogP contribution is -2.38. The van der Waals surface area contributed by atoms with Crippen LogP contribution in [0.1, 0.15) is 38.4 Å². The molecule has 1 aromatic rings. The van der Waals surface area contributed by atoms with E-state index in [1.807, 2.05) is 6.92 Å². The molecule has 1 aliphatic rings. The van der Waals surface area contributed by atoms with E-state index in [0.29, 0.717) is 5.82 Å². The molecular formula is C13H25N5. The summed E-state index contributed by atoms with van der Waals surface area (Å²) >= 11 is 0. The maximum absolute atomic E-state index is 5.80. The van der Waals surface area contributed by atoms with Gasteiger partial charge in [0.25, 0.3) is 0 Å². The number of hydrogen-bond donors (Lipinski definition) is 3. The quantitative estimate of drug-likeness (QED) is 0.700. The van der Waals surface area contributed by atoms with Gasteiger partial charge in [-0.3, -0.25) is 0 Å². The van der Waals surface area contributed by atoms with E-state index in [9.17, 15) is 0 Å². The van der Waals surface area contributed by atoms with Gasteiger partial charge in [0.2, 0.25) is 0 Å². The molecular weight excluding hydrogens is 226 g/mol. The smallest absolute Gasteiger partial charge is 0.168 e. The number of aromatic amines is 1. The highest BCUT2D eigenvalue weighted by atomic mass is 15.2. The normalized spacial score (nSPS) is 21.1. The van der Waals surface area contributed by atoms with E-state index in [0.717, 1.165) is 37.2 Å². The minimum absolute atomic E-state index is 0.638. The zero-order valence-corrected chi connectivity index (χ0v) is 11.5. The maximum Gasteiger partial charge on any atom is 0.168 e. The third kappa shape index (κ3) is 3.38. The van der Waals surface area contributed by atoms with Gasteiger partial charge < -0.3 is 20.9 Å². The molecule has 0 aromatic carbocycles. The predicted molar refractivity (Wildman–Crippen MR) is 75.7 cm³/mol. The monoisotopic (exact) mass is 251 g/mol. The molecule has 0 bridgehead atoms. The van der Waals surface area contributed by atoms with Gasteiger partial charge in [0.15, 0.2) is 5.82 Å². The molecule has 0 saturated carbocycles. The fourth-order valence-corrected chi connectivity index (χ4v) is 2.62. The number of imidazole rings is 1. The number of nitrogens with zero attached hydrogens (tertiary/aromatic N) is 2. The van der Waals surface area contributed by atoms with Gasteiger partial charge in [-0.1, -0.05) is 6.42 Å². The number of aromatic nitrogens is 2. The summed E-state index contributed by atoms with van der Waals surface area (Å²) in [5.41, 5.74) is 5.80. The summed E-state index contributed by atoms with van der Waals surface area (Å²) in [4.78, 5) is 9.89. The Labute approximate surface area is 109 Å². The molecule has 1 aliphatic heterocycles. The summed E-state index contributed by atoms with van der Waals surface area (Å²) in [5.74, 6) is 2.29. The molecule has 0 radical (unpaired) electrons. The SMILES string of the molecule is Cc1nc(NCCCN2CCCCC2C)c(N)[nH]1. The van der Waals surface area contributed by atoms with Crippen molar-refractivity contribution in [1.82, 2.24) is 14.9 Å². The minimum Gasteiger partial charge on any atom is -0.382 e. The van der Waals surface area contributed by atoms with E-state index < -0.39 is 0 Å². The zero-order valence-electron chi connectivity index (χ0n) is 11.5. The number of hydrogen-bond acceptors (Lipinski definition) is 4. The lowest BCUT2D eigenvalue weighted by molar-refractivity contribution is 0.160. The number of likely N-dealkylation sites (tertiary alicyclic amines) is 1. The number of nitrogen functional groups attached to an aromatic ring is 1. The molecule has 4 N–H and O–H groups in total. The molecule has 102 valence electrons. The van der Waals surface area contributed by atoms with Crippen LogP contribution in [-0.2, 0) is 0 Å². The van der Waals surface area contributed by atoms with Crippen molar-refractivity contribution in [3.8, 4) is 0 Å². The van der Waals surface area contributed by atoms with Crippen molar-refractivity contribution < 1.29 is 0 Å². The number of rotatable bonds is 5. The summed E-state index contributed by atoms with van der Waals surface area (Å²) in [6.07, 6.45) is 5.22. The Kier molecular flexibility index (Phi) is 4.47. The van der Waals surface area contributed by atoms with Gasteiger partial charge in [-0.15, -0.1) is 0 Å². The number of nitrogens with one attached hydrogen (secondary N) is 2. The molecule has 1 saturated heterocycles. The van der Waals surface area contributed by atoms with Crippen LogP contribution in [0.2, 0.25) is 0 Å². The summed E-state index contributed by atoms with van der Waals surface area (Å²) in [6.45, 7) is 7.60. The molecule has 0 aliphatic carbocycles. The fraction of sp³-hybridized carbons (Fsp3) is 0.769. The first kappa shape index (κ1) is 13.2. The number of aryl methyl sites for hydroxylation is 1. The van der Waals surface area contributed by atoms with Crippen molar-refractivity contribution in [2.75, 3.05) is 30.7 Å². The van der Waals surface area contributed by atoms with E-state index >= 15 is 0 Å². The molecule has 1 fully saturated rings. The number of anilines is 2. The van der Waals surface area contributed by atoms with Crippen LogP contribution >= 0.6 is 0 Å². The first-order valence-corrected chi connectivity index (χ1v) is 6.97. The van der Waals surface area contributed by atoms with Crippen LogP contribution in [0.25, 0.3) is 0 Å². The number of piperidine rings is 1. The second kappa shape index (κ2) is 6.09. The summed E-state index contributed by atoms with van der Waals surface area (Å²) in [7, 11) is 0. The highest BCUT2D eigenvalue weighted by molar-refractivity contribution is 5.56. The molecule has 2 rings (SSSR count). The summed E-state index contributed by atoms with van der Waals surface area (Å²) in [5, 5.41) is 3.29. The standard InChI is InChI=1S/C13H25N5/c1-10-6-3-4-8-18(10)9-5-7-15-13-12(14)16-11(2)17-13/h10,15H,3-9,14H2,1-2H3,(H,16,17). The highest BCUT2D eigenvalue weighted by Crippen LogP contribution is 2.17. The van der Waals surface area contributed by atoms with Crippen molar-refractivity contribution in [2.24, 2.45) is 0 Å². The largest absolute Gasteiger partial charge is 0.382 e. The molecule has 0 amide bonds. The average molecular weight is 251 g/mol. The number of H-pyrrole nitrogens is 1. The molecule has 2 heterocycles. The Hall–Kier alpha value is -1.23. The van der Waals surface area contributed by atoms with Crippen LogP contribution in [0.5, 0.6) is 0 Å². The van der Waals surface area contributed by atoms with E-state index in [1.54, 1.807) is 0 Å². The Morgan fingerprint density at radius 3 is 3.00 bits per heavy atom. The van der Waals surface area contributed by atoms with Crippen molar-refractivity contribution in [3.05, 3.63) is 5.82 Å². The minimum atomic E-state index is 0.638. The van der Waals surface area contributed by atoms with Gasteiger partial charge in [-0.25, -0.2) is 4.98 Å². The Bertz CT molecular complexity index is 373. The van der Waals surface area contributed by atoms with Crippen molar-refractivity contribution >= 4 is 11.6 Å². The highest BCUT2D eigenvalue weighted by Gasteiger charge is 2.17. The van der Waals surface area contributed by atoms with Gasteiger partial charge >= 0.3 is 0 Å². The van der Waals surface area contributed by atoms with Crippen LogP contribution in [-0.4, -0.2) is 40.5 Å². The lowest BCUT2D eigenvalue weighted by atomic mass is 10.0. The van der Waals surface area contributed by atoms with Crippen molar-refractivity contribution in [2.45, 2.75) is 45.6 Å². The van der Waals surface area contributed by atoms with Crippen molar-refractivity contribution in [3.63, 3.8) is 0 Å².